The van der Waals surface area contributed by atoms with Crippen molar-refractivity contribution in [3.8, 4) is 11.5 Å². The summed E-state index contributed by atoms with van der Waals surface area (Å²) in [5.74, 6) is 1.44. The average molecular weight is 328 g/mol. The lowest BCUT2D eigenvalue weighted by molar-refractivity contribution is 0.0952. The van der Waals surface area contributed by atoms with Crippen molar-refractivity contribution in [1.82, 2.24) is 10.3 Å². The maximum Gasteiger partial charge on any atom is 0.252 e. The number of carbonyl (C=O) groups excluding carboxylic acids is 1. The zero-order valence-corrected chi connectivity index (χ0v) is 13.3. The molecule has 0 aliphatic carbocycles. The van der Waals surface area contributed by atoms with Crippen LogP contribution in [0.25, 0.3) is 0 Å². The van der Waals surface area contributed by atoms with E-state index in [2.05, 4.69) is 10.3 Å². The molecule has 0 unspecified atom stereocenters. The number of fused-ring (bicyclic) bond motifs is 1. The highest BCUT2D eigenvalue weighted by Gasteiger charge is 2.11. The van der Waals surface area contributed by atoms with E-state index in [1.165, 1.54) is 23.9 Å². The number of nitrogens with one attached hydrogen (secondary N) is 2. The van der Waals surface area contributed by atoms with Crippen molar-refractivity contribution in [3.05, 3.63) is 58.0 Å². The first kappa shape index (κ1) is 16.1. The summed E-state index contributed by atoms with van der Waals surface area (Å²) in [7, 11) is 0. The molecule has 1 aromatic carbocycles. The summed E-state index contributed by atoms with van der Waals surface area (Å²) in [5, 5.41) is 2.85. The van der Waals surface area contributed by atoms with Crippen molar-refractivity contribution in [2.24, 2.45) is 0 Å². The van der Waals surface area contributed by atoms with E-state index in [9.17, 15) is 9.59 Å². The van der Waals surface area contributed by atoms with Gasteiger partial charge < -0.3 is 19.8 Å². The molecular formula is C18H20N2O4. The molecule has 0 fully saturated rings. The molecule has 24 heavy (non-hydrogen) atoms. The number of pyridine rings is 1. The Hall–Kier alpha value is -2.76. The Balaban J connectivity index is 1.40. The normalized spacial score (nSPS) is 12.7. The van der Waals surface area contributed by atoms with Crippen LogP contribution in [0.3, 0.4) is 0 Å². The van der Waals surface area contributed by atoms with Crippen molar-refractivity contribution in [2.45, 2.75) is 19.3 Å². The largest absolute Gasteiger partial charge is 0.486 e. The molecule has 1 aromatic heterocycles. The number of aryl methyl sites for hydroxylation is 1. The van der Waals surface area contributed by atoms with Crippen molar-refractivity contribution in [2.75, 3.05) is 19.8 Å². The molecule has 2 aromatic rings. The minimum absolute atomic E-state index is 0.175. The van der Waals surface area contributed by atoms with Gasteiger partial charge >= 0.3 is 0 Å². The number of unbranched alkanes of at least 4 members (excludes halogenated alkanes) is 1. The Bertz CT molecular complexity index is 749. The van der Waals surface area contributed by atoms with E-state index in [1.807, 2.05) is 18.2 Å². The number of hydrogen-bond acceptors (Lipinski definition) is 4. The number of ether oxygens (including phenoxy) is 2. The van der Waals surface area contributed by atoms with Crippen molar-refractivity contribution >= 4 is 5.91 Å². The summed E-state index contributed by atoms with van der Waals surface area (Å²) in [4.78, 5) is 25.3. The van der Waals surface area contributed by atoms with Gasteiger partial charge in [-0.1, -0.05) is 6.07 Å². The molecule has 6 nitrogen and oxygen atoms in total. The van der Waals surface area contributed by atoms with Crippen LogP contribution in [0.1, 0.15) is 28.8 Å². The van der Waals surface area contributed by atoms with E-state index in [0.29, 0.717) is 25.3 Å². The molecule has 0 atom stereocenters. The number of amides is 1. The average Bonchev–Trinajstić information content (AvgIpc) is 2.61. The Kier molecular flexibility index (Phi) is 5.15. The summed E-state index contributed by atoms with van der Waals surface area (Å²) >= 11 is 0. The van der Waals surface area contributed by atoms with Gasteiger partial charge in [-0.15, -0.1) is 0 Å². The lowest BCUT2D eigenvalue weighted by Crippen LogP contribution is -2.25. The Morgan fingerprint density at radius 3 is 2.71 bits per heavy atom. The van der Waals surface area contributed by atoms with Crippen LogP contribution in [-0.2, 0) is 6.42 Å². The van der Waals surface area contributed by atoms with E-state index >= 15 is 0 Å². The molecule has 0 saturated heterocycles. The third-order valence-electron chi connectivity index (χ3n) is 3.83. The molecule has 0 radical (unpaired) electrons. The molecule has 6 heteroatoms. The highest BCUT2D eigenvalue weighted by molar-refractivity contribution is 5.93. The molecule has 126 valence electrons. The highest BCUT2D eigenvalue weighted by atomic mass is 16.6. The predicted octanol–water partition coefficient (Wildman–Crippen LogP) is 1.90. The molecule has 0 spiro atoms. The molecule has 2 N–H and O–H groups in total. The van der Waals surface area contributed by atoms with Crippen LogP contribution in [0.5, 0.6) is 11.5 Å². The molecule has 3 rings (SSSR count). The second kappa shape index (κ2) is 7.68. The monoisotopic (exact) mass is 328 g/mol. The Morgan fingerprint density at radius 1 is 1.08 bits per heavy atom. The minimum atomic E-state index is -0.217. The molecule has 0 bridgehead atoms. The van der Waals surface area contributed by atoms with Crippen molar-refractivity contribution in [1.29, 1.82) is 0 Å². The van der Waals surface area contributed by atoms with E-state index in [4.69, 9.17) is 9.47 Å². The zero-order chi connectivity index (χ0) is 16.8. The number of carbonyl (C=O) groups is 1. The van der Waals surface area contributed by atoms with Gasteiger partial charge in [0.05, 0.1) is 5.56 Å². The van der Waals surface area contributed by atoms with Gasteiger partial charge in [0.1, 0.15) is 13.2 Å². The van der Waals surface area contributed by atoms with Crippen LogP contribution >= 0.6 is 0 Å². The fourth-order valence-corrected chi connectivity index (χ4v) is 2.55. The molecule has 1 amide bonds. The Labute approximate surface area is 139 Å². The van der Waals surface area contributed by atoms with Gasteiger partial charge in [0, 0.05) is 18.8 Å². The third-order valence-corrected chi connectivity index (χ3v) is 3.83. The van der Waals surface area contributed by atoms with E-state index in [0.717, 1.165) is 30.8 Å². The maximum absolute atomic E-state index is 11.9. The third kappa shape index (κ3) is 4.16. The fraction of sp³-hybridized carbons (Fsp3) is 0.333. The van der Waals surface area contributed by atoms with Gasteiger partial charge in [0.2, 0.25) is 5.56 Å². The van der Waals surface area contributed by atoms with Crippen LogP contribution in [0.4, 0.5) is 0 Å². The molecule has 1 aliphatic heterocycles. The van der Waals surface area contributed by atoms with Crippen LogP contribution in [0.15, 0.2) is 41.3 Å². The van der Waals surface area contributed by atoms with Crippen molar-refractivity contribution < 1.29 is 14.3 Å². The molecular weight excluding hydrogens is 308 g/mol. The lowest BCUT2D eigenvalue weighted by Gasteiger charge is -2.18. The quantitative estimate of drug-likeness (QED) is 0.794. The van der Waals surface area contributed by atoms with Gasteiger partial charge in [-0.05, 0) is 43.0 Å². The number of aromatic nitrogens is 1. The second-order valence-corrected chi connectivity index (χ2v) is 5.63. The molecule has 2 heterocycles. The summed E-state index contributed by atoms with van der Waals surface area (Å²) in [6.07, 6.45) is 4.19. The number of H-pyrrole nitrogens is 1. The van der Waals surface area contributed by atoms with Crippen molar-refractivity contribution in [3.63, 3.8) is 0 Å². The number of rotatable bonds is 6. The summed E-state index contributed by atoms with van der Waals surface area (Å²) < 4.78 is 11.1. The summed E-state index contributed by atoms with van der Waals surface area (Å²) in [6, 6.07) is 8.88. The molecule has 0 saturated carbocycles. The summed E-state index contributed by atoms with van der Waals surface area (Å²) in [6.45, 7) is 1.79. The first-order valence-corrected chi connectivity index (χ1v) is 8.08. The van der Waals surface area contributed by atoms with Crippen LogP contribution < -0.4 is 20.3 Å². The highest BCUT2D eigenvalue weighted by Crippen LogP contribution is 2.31. The SMILES string of the molecule is O=C(NCCCCc1ccc2c(c1)OCCO2)c1ccc(=O)[nH]c1. The first-order chi connectivity index (χ1) is 11.7. The second-order valence-electron chi connectivity index (χ2n) is 5.63. The zero-order valence-electron chi connectivity index (χ0n) is 13.3. The van der Waals surface area contributed by atoms with E-state index in [1.54, 1.807) is 0 Å². The predicted molar refractivity (Wildman–Crippen MR) is 89.8 cm³/mol. The van der Waals surface area contributed by atoms with Gasteiger partial charge in [-0.25, -0.2) is 0 Å². The van der Waals surface area contributed by atoms with E-state index in [-0.39, 0.29) is 11.5 Å². The Morgan fingerprint density at radius 2 is 1.92 bits per heavy atom. The first-order valence-electron chi connectivity index (χ1n) is 8.08. The topological polar surface area (TPSA) is 80.4 Å². The van der Waals surface area contributed by atoms with Gasteiger partial charge in [0.25, 0.3) is 5.91 Å². The fourth-order valence-electron chi connectivity index (χ4n) is 2.55. The maximum atomic E-state index is 11.9. The van der Waals surface area contributed by atoms with E-state index < -0.39 is 0 Å². The van der Waals surface area contributed by atoms with Gasteiger partial charge in [-0.2, -0.15) is 0 Å². The number of benzene rings is 1. The minimum Gasteiger partial charge on any atom is -0.486 e. The lowest BCUT2D eigenvalue weighted by atomic mass is 10.1. The standard InChI is InChI=1S/C18H20N2O4/c21-17-7-5-14(12-20-17)18(22)19-8-2-1-3-13-4-6-15-16(11-13)24-10-9-23-15/h4-7,11-12H,1-3,8-10H2,(H,19,22)(H,20,21). The van der Waals surface area contributed by atoms with Gasteiger partial charge in [-0.3, -0.25) is 9.59 Å². The number of aromatic amines is 1. The smallest absolute Gasteiger partial charge is 0.252 e. The number of hydrogen-bond donors (Lipinski definition) is 2. The van der Waals surface area contributed by atoms with Crippen LogP contribution in [0, 0.1) is 0 Å². The summed E-state index contributed by atoms with van der Waals surface area (Å²) in [5.41, 5.74) is 1.44. The van der Waals surface area contributed by atoms with Crippen LogP contribution in [0.2, 0.25) is 0 Å². The van der Waals surface area contributed by atoms with Crippen LogP contribution in [-0.4, -0.2) is 30.6 Å². The molecule has 1 aliphatic rings. The van der Waals surface area contributed by atoms with Gasteiger partial charge in [0.15, 0.2) is 11.5 Å².